The number of pyridine rings is 1. The molecule has 51 heavy (non-hydrogen) atoms. The van der Waals surface area contributed by atoms with Gasteiger partial charge in [0, 0.05) is 34.1 Å². The van der Waals surface area contributed by atoms with Gasteiger partial charge in [0.05, 0.1) is 11.4 Å². The molecule has 248 valence electrons. The molecule has 0 bridgehead atoms. The van der Waals surface area contributed by atoms with Crippen LogP contribution in [0, 0.1) is 20.8 Å². The molecule has 0 fully saturated rings. The summed E-state index contributed by atoms with van der Waals surface area (Å²) in [5, 5.41) is 0. The van der Waals surface area contributed by atoms with Crippen LogP contribution >= 0.6 is 0 Å². The van der Waals surface area contributed by atoms with E-state index < -0.39 is 0 Å². The van der Waals surface area contributed by atoms with Crippen LogP contribution in [-0.2, 0) is 0 Å². The zero-order valence-electron chi connectivity index (χ0n) is 29.9. The number of allylic oxidation sites excluding steroid dienone is 2. The van der Waals surface area contributed by atoms with Gasteiger partial charge in [-0.3, -0.25) is 4.98 Å². The molecular formula is C48H41N3. The second-order valence-electron chi connectivity index (χ2n) is 12.9. The number of nitrogens with zero attached hydrogens (tertiary/aromatic N) is 3. The number of aryl methyl sites for hydroxylation is 1. The average Bonchev–Trinajstić information content (AvgIpc) is 3.18. The number of rotatable bonds is 8. The van der Waals surface area contributed by atoms with Crippen molar-refractivity contribution in [3.8, 4) is 67.3 Å². The van der Waals surface area contributed by atoms with Crippen LogP contribution in [-0.4, -0.2) is 15.0 Å². The summed E-state index contributed by atoms with van der Waals surface area (Å²) >= 11 is 0. The van der Waals surface area contributed by atoms with Crippen molar-refractivity contribution < 1.29 is 0 Å². The number of benzene rings is 5. The van der Waals surface area contributed by atoms with E-state index in [0.717, 1.165) is 61.6 Å². The summed E-state index contributed by atoms with van der Waals surface area (Å²) in [5.41, 5.74) is 17.7. The number of hydrogen-bond donors (Lipinski definition) is 0. The summed E-state index contributed by atoms with van der Waals surface area (Å²) in [7, 11) is 0. The minimum atomic E-state index is 0.686. The Morgan fingerprint density at radius 2 is 1.04 bits per heavy atom. The van der Waals surface area contributed by atoms with E-state index in [9.17, 15) is 0 Å². The first-order valence-electron chi connectivity index (χ1n) is 17.5. The standard InChI is InChI=1S/C48H41N3/c1-6-15-39-30-45(43(16-7-2)33(4)32(39)3)41-27-40(35-22-24-36(25-23-35)44-21-14-26-49-34(44)5)28-42(29-41)48-50-46(37-17-10-8-11-18-37)31-47(51-48)38-19-12-9-13-20-38/h6-31H,1-5H3/b15-6-,16-7-. The van der Waals surface area contributed by atoms with Gasteiger partial charge in [0.2, 0.25) is 0 Å². The number of aromatic nitrogens is 3. The summed E-state index contributed by atoms with van der Waals surface area (Å²) in [6, 6.07) is 44.9. The average molecular weight is 660 g/mol. The van der Waals surface area contributed by atoms with Gasteiger partial charge in [-0.2, -0.15) is 0 Å². The monoisotopic (exact) mass is 659 g/mol. The van der Waals surface area contributed by atoms with Gasteiger partial charge >= 0.3 is 0 Å². The van der Waals surface area contributed by atoms with Crippen LogP contribution in [0.25, 0.3) is 79.4 Å². The lowest BCUT2D eigenvalue weighted by Crippen LogP contribution is -1.98. The van der Waals surface area contributed by atoms with E-state index in [0.29, 0.717) is 5.82 Å². The van der Waals surface area contributed by atoms with Gasteiger partial charge in [0.25, 0.3) is 0 Å². The van der Waals surface area contributed by atoms with E-state index in [-0.39, 0.29) is 0 Å². The summed E-state index contributed by atoms with van der Waals surface area (Å²) in [6.45, 7) is 10.7. The molecule has 7 aromatic rings. The highest BCUT2D eigenvalue weighted by molar-refractivity contribution is 5.87. The molecule has 0 aliphatic rings. The lowest BCUT2D eigenvalue weighted by Gasteiger charge is -2.18. The first kappa shape index (κ1) is 33.3. The highest BCUT2D eigenvalue weighted by Crippen LogP contribution is 2.38. The fourth-order valence-corrected chi connectivity index (χ4v) is 6.74. The first-order chi connectivity index (χ1) is 24.9. The molecule has 2 heterocycles. The van der Waals surface area contributed by atoms with Crippen molar-refractivity contribution in [2.24, 2.45) is 0 Å². The van der Waals surface area contributed by atoms with Gasteiger partial charge in [-0.15, -0.1) is 0 Å². The van der Waals surface area contributed by atoms with E-state index in [2.05, 4.69) is 173 Å². The van der Waals surface area contributed by atoms with E-state index >= 15 is 0 Å². The fourth-order valence-electron chi connectivity index (χ4n) is 6.74. The van der Waals surface area contributed by atoms with E-state index in [1.807, 2.05) is 24.4 Å². The predicted molar refractivity (Wildman–Crippen MR) is 216 cm³/mol. The molecule has 0 saturated heterocycles. The molecule has 5 aromatic carbocycles. The van der Waals surface area contributed by atoms with Crippen LogP contribution in [0.4, 0.5) is 0 Å². The van der Waals surface area contributed by atoms with Crippen molar-refractivity contribution in [2.45, 2.75) is 34.6 Å². The van der Waals surface area contributed by atoms with Crippen molar-refractivity contribution in [3.05, 3.63) is 174 Å². The maximum absolute atomic E-state index is 5.23. The summed E-state index contributed by atoms with van der Waals surface area (Å²) in [6.07, 6.45) is 10.5. The third-order valence-electron chi connectivity index (χ3n) is 9.57. The van der Waals surface area contributed by atoms with Crippen molar-refractivity contribution in [1.29, 1.82) is 0 Å². The maximum Gasteiger partial charge on any atom is 0.160 e. The van der Waals surface area contributed by atoms with Crippen LogP contribution in [0.1, 0.15) is 41.8 Å². The normalized spacial score (nSPS) is 11.5. The molecular weight excluding hydrogens is 619 g/mol. The van der Waals surface area contributed by atoms with Crippen LogP contribution in [0.5, 0.6) is 0 Å². The maximum atomic E-state index is 5.23. The molecule has 0 N–H and O–H groups in total. The van der Waals surface area contributed by atoms with Crippen LogP contribution < -0.4 is 0 Å². The van der Waals surface area contributed by atoms with Crippen LogP contribution in [0.3, 0.4) is 0 Å². The molecule has 0 amide bonds. The molecule has 0 unspecified atom stereocenters. The molecule has 0 aliphatic carbocycles. The minimum Gasteiger partial charge on any atom is -0.261 e. The third-order valence-corrected chi connectivity index (χ3v) is 9.57. The topological polar surface area (TPSA) is 38.7 Å². The van der Waals surface area contributed by atoms with Gasteiger partial charge in [-0.1, -0.05) is 115 Å². The van der Waals surface area contributed by atoms with E-state index in [4.69, 9.17) is 9.97 Å². The summed E-state index contributed by atoms with van der Waals surface area (Å²) in [4.78, 5) is 15.0. The molecule has 0 saturated carbocycles. The van der Waals surface area contributed by atoms with Crippen LogP contribution in [0.2, 0.25) is 0 Å². The highest BCUT2D eigenvalue weighted by Gasteiger charge is 2.17. The van der Waals surface area contributed by atoms with Crippen molar-refractivity contribution in [1.82, 2.24) is 15.0 Å². The largest absolute Gasteiger partial charge is 0.261 e. The molecule has 0 spiro atoms. The van der Waals surface area contributed by atoms with Gasteiger partial charge < -0.3 is 0 Å². The van der Waals surface area contributed by atoms with E-state index in [1.54, 1.807) is 0 Å². The molecule has 3 heteroatoms. The highest BCUT2D eigenvalue weighted by atomic mass is 14.9. The van der Waals surface area contributed by atoms with Gasteiger partial charge in [-0.25, -0.2) is 9.97 Å². The Bertz CT molecular complexity index is 2330. The lowest BCUT2D eigenvalue weighted by molar-refractivity contribution is 1.18. The summed E-state index contributed by atoms with van der Waals surface area (Å²) < 4.78 is 0. The van der Waals surface area contributed by atoms with Gasteiger partial charge in [-0.05, 0) is 121 Å². The van der Waals surface area contributed by atoms with Crippen LogP contribution in [0.15, 0.2) is 146 Å². The minimum absolute atomic E-state index is 0.686. The predicted octanol–water partition coefficient (Wildman–Crippen LogP) is 12.9. The second-order valence-corrected chi connectivity index (χ2v) is 12.9. The molecule has 2 aromatic heterocycles. The summed E-state index contributed by atoms with van der Waals surface area (Å²) in [5.74, 6) is 0.686. The first-order valence-corrected chi connectivity index (χ1v) is 17.5. The van der Waals surface area contributed by atoms with Crippen molar-refractivity contribution in [2.75, 3.05) is 0 Å². The molecule has 0 aliphatic heterocycles. The fraction of sp³-hybridized carbons (Fsp3) is 0.104. The van der Waals surface area contributed by atoms with Crippen molar-refractivity contribution in [3.63, 3.8) is 0 Å². The Hall–Kier alpha value is -6.19. The SMILES string of the molecule is C/C=C\c1cc(-c2cc(-c3ccc(-c4cccnc4C)cc3)cc(-c3nc(-c4ccccc4)cc(-c4ccccc4)n3)c2)c(/C=C\C)c(C)c1C. The number of hydrogen-bond acceptors (Lipinski definition) is 3. The van der Waals surface area contributed by atoms with Gasteiger partial charge in [0.15, 0.2) is 5.82 Å². The second kappa shape index (κ2) is 14.7. The molecule has 0 atom stereocenters. The Morgan fingerprint density at radius 1 is 0.451 bits per heavy atom. The Labute approximate surface area is 301 Å². The Morgan fingerprint density at radius 3 is 1.65 bits per heavy atom. The molecule has 3 nitrogen and oxygen atoms in total. The van der Waals surface area contributed by atoms with E-state index in [1.165, 1.54) is 27.8 Å². The Kier molecular flexibility index (Phi) is 9.63. The Balaban J connectivity index is 1.48. The lowest BCUT2D eigenvalue weighted by atomic mass is 9.87. The molecule has 7 rings (SSSR count). The quantitative estimate of drug-likeness (QED) is 0.163. The molecule has 0 radical (unpaired) electrons. The zero-order valence-corrected chi connectivity index (χ0v) is 29.9. The smallest absolute Gasteiger partial charge is 0.160 e. The van der Waals surface area contributed by atoms with Crippen molar-refractivity contribution >= 4 is 12.2 Å². The third kappa shape index (κ3) is 6.97. The zero-order chi connectivity index (χ0) is 35.3. The van der Waals surface area contributed by atoms with Gasteiger partial charge in [0.1, 0.15) is 0 Å².